The Balaban J connectivity index is 1.08. The van der Waals surface area contributed by atoms with Gasteiger partial charge in [-0.15, -0.1) is 0 Å². The number of anilines is 2. The fourth-order valence-electron chi connectivity index (χ4n) is 6.25. The van der Waals surface area contributed by atoms with Gasteiger partial charge in [-0.3, -0.25) is 4.79 Å². The number of nitrogens with zero attached hydrogens (tertiary/aromatic N) is 5. The highest BCUT2D eigenvalue weighted by molar-refractivity contribution is 7.22. The van der Waals surface area contributed by atoms with Crippen LogP contribution >= 0.6 is 34.5 Å². The minimum atomic E-state index is -0.654. The topological polar surface area (TPSA) is 94.5 Å². The van der Waals surface area contributed by atoms with Crippen molar-refractivity contribution in [3.05, 3.63) is 40.1 Å². The van der Waals surface area contributed by atoms with Gasteiger partial charge >= 0.3 is 5.97 Å². The van der Waals surface area contributed by atoms with Crippen LogP contribution in [0.5, 0.6) is 0 Å². The fourth-order valence-corrected chi connectivity index (χ4v) is 7.82. The van der Waals surface area contributed by atoms with Crippen molar-refractivity contribution in [2.24, 2.45) is 17.3 Å². The second kappa shape index (κ2) is 10.1. The van der Waals surface area contributed by atoms with Crippen LogP contribution in [0.4, 0.5) is 10.9 Å². The van der Waals surface area contributed by atoms with E-state index in [-0.39, 0.29) is 6.04 Å². The summed E-state index contributed by atoms with van der Waals surface area (Å²) in [6.07, 6.45) is 5.55. The molecule has 0 bridgehead atoms. The molecule has 2 aromatic heterocycles. The van der Waals surface area contributed by atoms with Gasteiger partial charge in [0.15, 0.2) is 10.8 Å². The van der Waals surface area contributed by atoms with Gasteiger partial charge in [0, 0.05) is 35.7 Å². The number of nitrogens with one attached hydrogen (secondary N) is 1. The lowest BCUT2D eigenvalue weighted by atomic mass is 9.65. The summed E-state index contributed by atoms with van der Waals surface area (Å²) < 4.78 is 0.943. The largest absolute Gasteiger partial charge is 0.481 e. The number of likely N-dealkylation sites (tertiary alicyclic amines) is 1. The number of hydrogen-bond acceptors (Lipinski definition) is 8. The van der Waals surface area contributed by atoms with E-state index in [2.05, 4.69) is 25.1 Å². The highest BCUT2D eigenvalue weighted by atomic mass is 35.5. The van der Waals surface area contributed by atoms with Gasteiger partial charge in [-0.25, -0.2) is 9.97 Å². The van der Waals surface area contributed by atoms with Crippen molar-refractivity contribution < 1.29 is 9.90 Å². The molecule has 2 aliphatic heterocycles. The number of fused-ring (bicyclic) bond motifs is 1. The van der Waals surface area contributed by atoms with Gasteiger partial charge in [-0.05, 0) is 75.6 Å². The van der Waals surface area contributed by atoms with Crippen molar-refractivity contribution in [2.75, 3.05) is 36.4 Å². The molecule has 1 aliphatic carbocycles. The molecule has 0 amide bonds. The number of carboxylic acids is 1. The highest BCUT2D eigenvalue weighted by Gasteiger charge is 2.49. The summed E-state index contributed by atoms with van der Waals surface area (Å²) in [6.45, 7) is 8.12. The second-order valence-electron chi connectivity index (χ2n) is 11.4. The zero-order valence-corrected chi connectivity index (χ0v) is 23.9. The maximum absolute atomic E-state index is 11.5. The Hall–Kier alpha value is -2.20. The third-order valence-corrected chi connectivity index (χ3v) is 10.4. The summed E-state index contributed by atoms with van der Waals surface area (Å²) in [5, 5.41) is 15.2. The SMILES string of the molecule is C[C@@H](Nc1ncnc2nc(N3CC([C@H]4CCCN(C5CC(C)(C(=O)O)C5)C4)C3)sc12)c1ccc(Cl)cc1Cl. The van der Waals surface area contributed by atoms with Gasteiger partial charge in [0.05, 0.1) is 11.5 Å². The number of aliphatic carboxylic acids is 1. The maximum atomic E-state index is 11.5. The van der Waals surface area contributed by atoms with E-state index in [4.69, 9.17) is 28.2 Å². The van der Waals surface area contributed by atoms with Gasteiger partial charge in [-0.2, -0.15) is 4.98 Å². The minimum absolute atomic E-state index is 0.0601. The number of carbonyl (C=O) groups is 1. The lowest BCUT2D eigenvalue weighted by molar-refractivity contribution is -0.158. The van der Waals surface area contributed by atoms with E-state index < -0.39 is 11.4 Å². The maximum Gasteiger partial charge on any atom is 0.309 e. The van der Waals surface area contributed by atoms with E-state index in [1.165, 1.54) is 12.8 Å². The monoisotopic (exact) mass is 574 g/mol. The molecule has 1 aromatic carbocycles. The highest BCUT2D eigenvalue weighted by Crippen LogP contribution is 2.46. The van der Waals surface area contributed by atoms with Gasteiger partial charge in [-0.1, -0.05) is 40.6 Å². The van der Waals surface area contributed by atoms with Crippen molar-refractivity contribution in [3.63, 3.8) is 0 Å². The molecule has 4 heterocycles. The molecular formula is C27H32Cl2N6O2S. The summed E-state index contributed by atoms with van der Waals surface area (Å²) in [5.74, 6) is 1.41. The molecule has 3 aliphatic rings. The molecule has 0 radical (unpaired) electrons. The molecule has 0 spiro atoms. The van der Waals surface area contributed by atoms with Crippen LogP contribution in [-0.2, 0) is 4.79 Å². The first kappa shape index (κ1) is 26.0. The Bertz CT molecular complexity index is 1360. The van der Waals surface area contributed by atoms with Crippen LogP contribution in [-0.4, -0.2) is 63.1 Å². The van der Waals surface area contributed by atoms with Crippen LogP contribution < -0.4 is 10.2 Å². The quantitative estimate of drug-likeness (QED) is 0.356. The Morgan fingerprint density at radius 2 is 2.00 bits per heavy atom. The fraction of sp³-hybridized carbons (Fsp3) is 0.556. The first-order chi connectivity index (χ1) is 18.2. The van der Waals surface area contributed by atoms with Crippen LogP contribution in [0.15, 0.2) is 24.5 Å². The summed E-state index contributed by atoms with van der Waals surface area (Å²) in [5.41, 5.74) is 1.12. The molecule has 38 heavy (non-hydrogen) atoms. The van der Waals surface area contributed by atoms with E-state index in [9.17, 15) is 9.90 Å². The number of piperidine rings is 1. The third kappa shape index (κ3) is 4.83. The molecule has 11 heteroatoms. The molecule has 1 saturated carbocycles. The number of thiazole rings is 1. The predicted octanol–water partition coefficient (Wildman–Crippen LogP) is 5.97. The van der Waals surface area contributed by atoms with Crippen molar-refractivity contribution in [3.8, 4) is 0 Å². The number of rotatable bonds is 7. The molecule has 2 saturated heterocycles. The summed E-state index contributed by atoms with van der Waals surface area (Å²) in [7, 11) is 0. The minimum Gasteiger partial charge on any atom is -0.481 e. The molecule has 2 atom stereocenters. The average Bonchev–Trinajstić information content (AvgIpc) is 3.26. The molecule has 8 nitrogen and oxygen atoms in total. The van der Waals surface area contributed by atoms with E-state index in [0.717, 1.165) is 60.2 Å². The molecule has 202 valence electrons. The second-order valence-corrected chi connectivity index (χ2v) is 13.2. The average molecular weight is 576 g/mol. The molecule has 0 unspecified atom stereocenters. The zero-order valence-electron chi connectivity index (χ0n) is 21.5. The van der Waals surface area contributed by atoms with Gasteiger partial charge in [0.25, 0.3) is 0 Å². The zero-order chi connectivity index (χ0) is 26.6. The standard InChI is InChI=1S/C27H32Cl2N6O2S/c1-15(20-6-5-18(28)8-21(20)29)32-23-22-24(31-14-30-23)33-26(38-22)35-12-17(13-35)16-4-3-7-34(11-16)19-9-27(2,10-19)25(36)37/h5-6,8,14-17,19H,3-4,7,9-13H2,1-2H3,(H,36,37)(H,30,31,32)/t15-,16+,19?,27?/m1/s1. The predicted molar refractivity (Wildman–Crippen MR) is 152 cm³/mol. The first-order valence-corrected chi connectivity index (χ1v) is 14.8. The van der Waals surface area contributed by atoms with Gasteiger partial charge < -0.3 is 20.2 Å². The lowest BCUT2D eigenvalue weighted by Gasteiger charge is -2.52. The Kier molecular flexibility index (Phi) is 6.91. The Morgan fingerprint density at radius 3 is 2.74 bits per heavy atom. The van der Waals surface area contributed by atoms with E-state index >= 15 is 0 Å². The molecule has 2 N–H and O–H groups in total. The van der Waals surface area contributed by atoms with E-state index in [0.29, 0.717) is 33.6 Å². The normalized spacial score (nSPS) is 27.1. The third-order valence-electron chi connectivity index (χ3n) is 8.70. The van der Waals surface area contributed by atoms with Crippen LogP contribution in [0.3, 0.4) is 0 Å². The van der Waals surface area contributed by atoms with Crippen molar-refractivity contribution in [2.45, 2.75) is 51.6 Å². The van der Waals surface area contributed by atoms with Gasteiger partial charge in [0.1, 0.15) is 16.8 Å². The van der Waals surface area contributed by atoms with Crippen LogP contribution in [0.1, 0.15) is 51.1 Å². The Morgan fingerprint density at radius 1 is 1.21 bits per heavy atom. The summed E-state index contributed by atoms with van der Waals surface area (Å²) in [4.78, 5) is 30.2. The van der Waals surface area contributed by atoms with E-state index in [1.807, 2.05) is 26.0 Å². The van der Waals surface area contributed by atoms with Crippen LogP contribution in [0.2, 0.25) is 10.0 Å². The molecule has 3 aromatic rings. The molecule has 6 rings (SSSR count). The van der Waals surface area contributed by atoms with Crippen molar-refractivity contribution >= 4 is 61.8 Å². The van der Waals surface area contributed by atoms with E-state index in [1.54, 1.807) is 23.7 Å². The smallest absolute Gasteiger partial charge is 0.309 e. The van der Waals surface area contributed by atoms with Gasteiger partial charge in [0.2, 0.25) is 0 Å². The number of aromatic nitrogens is 3. The molecule has 3 fully saturated rings. The lowest BCUT2D eigenvalue weighted by Crippen LogP contribution is -2.58. The number of hydrogen-bond donors (Lipinski definition) is 2. The number of carboxylic acid groups (broad SMARTS) is 1. The summed E-state index contributed by atoms with van der Waals surface area (Å²) >= 11 is 14.1. The molecular weight excluding hydrogens is 543 g/mol. The van der Waals surface area contributed by atoms with Crippen LogP contribution in [0.25, 0.3) is 10.3 Å². The van der Waals surface area contributed by atoms with Crippen molar-refractivity contribution in [1.29, 1.82) is 0 Å². The first-order valence-electron chi connectivity index (χ1n) is 13.3. The van der Waals surface area contributed by atoms with Crippen molar-refractivity contribution in [1.82, 2.24) is 19.9 Å². The van der Waals surface area contributed by atoms with Crippen LogP contribution in [0, 0.1) is 17.3 Å². The number of halogens is 2. The number of benzene rings is 1. The Labute approximate surface area is 236 Å². The summed E-state index contributed by atoms with van der Waals surface area (Å²) in [6, 6.07) is 5.89.